The summed E-state index contributed by atoms with van der Waals surface area (Å²) in [6.07, 6.45) is -0.101. The zero-order chi connectivity index (χ0) is 24.5. The first-order valence-electron chi connectivity index (χ1n) is 11.5. The zero-order valence-corrected chi connectivity index (χ0v) is 19.5. The third-order valence-corrected chi connectivity index (χ3v) is 6.24. The van der Waals surface area contributed by atoms with Crippen molar-refractivity contribution in [3.8, 4) is 17.2 Å². The zero-order valence-electron chi connectivity index (χ0n) is 19.5. The van der Waals surface area contributed by atoms with Gasteiger partial charge in [0.05, 0.1) is 31.1 Å². The molecule has 2 amide bonds. The highest BCUT2D eigenvalue weighted by Crippen LogP contribution is 2.48. The van der Waals surface area contributed by atoms with Gasteiger partial charge in [-0.2, -0.15) is 0 Å². The Kier molecular flexibility index (Phi) is 6.05. The summed E-state index contributed by atoms with van der Waals surface area (Å²) in [6.45, 7) is 2.61. The van der Waals surface area contributed by atoms with Gasteiger partial charge in [0.15, 0.2) is 17.6 Å². The van der Waals surface area contributed by atoms with Gasteiger partial charge in [-0.3, -0.25) is 14.4 Å². The number of hydroxylamine groups is 1. The molecule has 2 aliphatic heterocycles. The number of carbonyl (C=O) groups excluding carboxylic acids is 2. The van der Waals surface area contributed by atoms with E-state index in [9.17, 15) is 14.7 Å². The van der Waals surface area contributed by atoms with Gasteiger partial charge in [0.2, 0.25) is 5.91 Å². The molecule has 0 bridgehead atoms. The quantitative estimate of drug-likeness (QED) is 0.513. The van der Waals surface area contributed by atoms with Gasteiger partial charge in [0.25, 0.3) is 5.91 Å². The number of methoxy groups -OCH3 is 1. The molecular formula is C27H26N2O6. The van der Waals surface area contributed by atoms with Crippen molar-refractivity contribution in [1.82, 2.24) is 0 Å². The Labute approximate surface area is 203 Å². The molecule has 1 N–H and O–H groups in total. The number of rotatable bonds is 7. The number of amides is 2. The van der Waals surface area contributed by atoms with E-state index < -0.39 is 24.0 Å². The Hall–Kier alpha value is -4.04. The molecule has 3 atom stereocenters. The van der Waals surface area contributed by atoms with E-state index in [0.717, 1.165) is 6.42 Å². The fourth-order valence-electron chi connectivity index (χ4n) is 4.60. The van der Waals surface area contributed by atoms with Crippen LogP contribution in [0, 0.1) is 5.92 Å². The number of nitrogens with zero attached hydrogens (tertiary/aromatic N) is 2. The summed E-state index contributed by atoms with van der Waals surface area (Å²) in [5.41, 5.74) is 1.86. The lowest BCUT2D eigenvalue weighted by molar-refractivity contribution is -0.126. The molecule has 2 saturated heterocycles. The number of para-hydroxylation sites is 1. The van der Waals surface area contributed by atoms with E-state index in [0.29, 0.717) is 29.3 Å². The molecule has 8 heteroatoms. The third kappa shape index (κ3) is 3.95. The molecule has 2 heterocycles. The molecule has 35 heavy (non-hydrogen) atoms. The first kappa shape index (κ1) is 22.7. The van der Waals surface area contributed by atoms with Crippen LogP contribution in [0.1, 0.15) is 24.9 Å². The second-order valence-corrected chi connectivity index (χ2v) is 8.44. The third-order valence-electron chi connectivity index (χ3n) is 6.24. The van der Waals surface area contributed by atoms with Gasteiger partial charge in [0.1, 0.15) is 11.7 Å². The highest BCUT2D eigenvalue weighted by atomic mass is 16.7. The molecule has 0 spiro atoms. The molecule has 8 nitrogen and oxygen atoms in total. The van der Waals surface area contributed by atoms with Gasteiger partial charge in [-0.25, -0.2) is 9.96 Å². The molecule has 0 aromatic heterocycles. The smallest absolute Gasteiger partial charge is 0.266 e. The number of imide groups is 1. The van der Waals surface area contributed by atoms with E-state index in [1.807, 2.05) is 37.3 Å². The summed E-state index contributed by atoms with van der Waals surface area (Å²) in [4.78, 5) is 34.5. The molecule has 0 radical (unpaired) electrons. The van der Waals surface area contributed by atoms with Gasteiger partial charge in [-0.05, 0) is 60.5 Å². The normalized spacial score (nSPS) is 21.4. The van der Waals surface area contributed by atoms with Crippen LogP contribution in [-0.4, -0.2) is 36.7 Å². The second kappa shape index (κ2) is 9.31. The number of phenols is 1. The average molecular weight is 475 g/mol. The molecule has 2 aliphatic rings. The van der Waals surface area contributed by atoms with Crippen LogP contribution in [0.25, 0.3) is 0 Å². The first-order chi connectivity index (χ1) is 17.0. The summed E-state index contributed by atoms with van der Waals surface area (Å²) in [5, 5.41) is 11.7. The Bertz CT molecular complexity index is 1230. The maximum atomic E-state index is 13.7. The van der Waals surface area contributed by atoms with Crippen LogP contribution in [0.2, 0.25) is 0 Å². The Morgan fingerprint density at radius 3 is 2.37 bits per heavy atom. The Morgan fingerprint density at radius 2 is 1.69 bits per heavy atom. The van der Waals surface area contributed by atoms with E-state index in [1.165, 1.54) is 18.1 Å². The van der Waals surface area contributed by atoms with Gasteiger partial charge >= 0.3 is 0 Å². The maximum absolute atomic E-state index is 13.7. The number of phenolic OH excluding ortho intramolecular Hbond substituents is 1. The summed E-state index contributed by atoms with van der Waals surface area (Å²) >= 11 is 0. The summed E-state index contributed by atoms with van der Waals surface area (Å²) in [6, 6.07) is 20.5. The standard InChI is InChI=1S/C27H26N2O6/c1-3-15-34-20-12-10-18(11-13-20)28-26(31)23-24(17-9-14-21(30)22(16-17)33-2)29(35-25(23)27(28)32)19-7-5-4-6-8-19/h4-14,16,23-25,30H,3,15H2,1-2H3/t23-,24-,25-/m0/s1. The number of hydrogen-bond acceptors (Lipinski definition) is 7. The fraction of sp³-hybridized carbons (Fsp3) is 0.259. The van der Waals surface area contributed by atoms with Crippen LogP contribution in [0.4, 0.5) is 11.4 Å². The SMILES string of the molecule is CCCOc1ccc(N2C(=O)[C@@H]3[C@H](ON(c4ccccc4)[C@H]3c3ccc(O)c(OC)c3)C2=O)cc1. The molecule has 5 rings (SSSR count). The largest absolute Gasteiger partial charge is 0.504 e. The highest BCUT2D eigenvalue weighted by molar-refractivity contribution is 6.23. The van der Waals surface area contributed by atoms with Crippen molar-refractivity contribution in [3.05, 3.63) is 78.4 Å². The van der Waals surface area contributed by atoms with Crippen LogP contribution in [0.15, 0.2) is 72.8 Å². The number of anilines is 2. The number of hydrogen-bond donors (Lipinski definition) is 1. The van der Waals surface area contributed by atoms with Crippen molar-refractivity contribution in [3.63, 3.8) is 0 Å². The van der Waals surface area contributed by atoms with Crippen LogP contribution in [0.5, 0.6) is 17.2 Å². The molecular weight excluding hydrogens is 448 g/mol. The van der Waals surface area contributed by atoms with Crippen LogP contribution in [-0.2, 0) is 14.4 Å². The predicted molar refractivity (Wildman–Crippen MR) is 129 cm³/mol. The number of fused-ring (bicyclic) bond motifs is 1. The van der Waals surface area contributed by atoms with E-state index in [4.69, 9.17) is 14.3 Å². The Morgan fingerprint density at radius 1 is 0.943 bits per heavy atom. The minimum absolute atomic E-state index is 0.0150. The van der Waals surface area contributed by atoms with Crippen molar-refractivity contribution in [2.45, 2.75) is 25.5 Å². The molecule has 0 unspecified atom stereocenters. The molecule has 3 aromatic rings. The molecule has 3 aromatic carbocycles. The van der Waals surface area contributed by atoms with Crippen molar-refractivity contribution >= 4 is 23.2 Å². The lowest BCUT2D eigenvalue weighted by Crippen LogP contribution is -2.37. The van der Waals surface area contributed by atoms with Crippen molar-refractivity contribution in [2.75, 3.05) is 23.7 Å². The molecule has 180 valence electrons. The summed E-state index contributed by atoms with van der Waals surface area (Å²) < 4.78 is 10.9. The minimum Gasteiger partial charge on any atom is -0.504 e. The highest BCUT2D eigenvalue weighted by Gasteiger charge is 2.60. The van der Waals surface area contributed by atoms with Crippen molar-refractivity contribution < 1.29 is 29.0 Å². The fourth-order valence-corrected chi connectivity index (χ4v) is 4.60. The van der Waals surface area contributed by atoms with E-state index in [-0.39, 0.29) is 17.4 Å². The maximum Gasteiger partial charge on any atom is 0.266 e. The van der Waals surface area contributed by atoms with Crippen molar-refractivity contribution in [2.24, 2.45) is 5.92 Å². The second-order valence-electron chi connectivity index (χ2n) is 8.44. The molecule has 0 aliphatic carbocycles. The lowest BCUT2D eigenvalue weighted by Gasteiger charge is -2.29. The van der Waals surface area contributed by atoms with E-state index in [2.05, 4.69) is 0 Å². The molecule has 0 saturated carbocycles. The van der Waals surface area contributed by atoms with Crippen LogP contribution in [0.3, 0.4) is 0 Å². The number of aromatic hydroxyl groups is 1. The first-order valence-corrected chi connectivity index (χ1v) is 11.5. The summed E-state index contributed by atoms with van der Waals surface area (Å²) in [7, 11) is 1.46. The van der Waals surface area contributed by atoms with Gasteiger partial charge in [0, 0.05) is 0 Å². The molecule has 2 fully saturated rings. The van der Waals surface area contributed by atoms with Crippen molar-refractivity contribution in [1.29, 1.82) is 0 Å². The van der Waals surface area contributed by atoms with Crippen LogP contribution >= 0.6 is 0 Å². The topological polar surface area (TPSA) is 88.5 Å². The van der Waals surface area contributed by atoms with Crippen LogP contribution < -0.4 is 19.4 Å². The lowest BCUT2D eigenvalue weighted by atomic mass is 9.90. The van der Waals surface area contributed by atoms with Gasteiger partial charge in [-0.1, -0.05) is 31.2 Å². The predicted octanol–water partition coefficient (Wildman–Crippen LogP) is 4.24. The average Bonchev–Trinajstić information content (AvgIpc) is 3.40. The minimum atomic E-state index is -0.983. The number of ether oxygens (including phenoxy) is 2. The number of benzene rings is 3. The van der Waals surface area contributed by atoms with Gasteiger partial charge in [-0.15, -0.1) is 0 Å². The van der Waals surface area contributed by atoms with Gasteiger partial charge < -0.3 is 14.6 Å². The monoisotopic (exact) mass is 474 g/mol. The summed E-state index contributed by atoms with van der Waals surface area (Å²) in [5.74, 6) is -0.619. The Balaban J connectivity index is 1.52. The van der Waals surface area contributed by atoms with E-state index >= 15 is 0 Å². The number of carbonyl (C=O) groups is 2. The van der Waals surface area contributed by atoms with E-state index in [1.54, 1.807) is 41.5 Å².